The quantitative estimate of drug-likeness (QED) is 0.642. The zero-order chi connectivity index (χ0) is 13.0. The topological polar surface area (TPSA) is 39.2 Å². The van der Waals surface area contributed by atoms with Gasteiger partial charge in [-0.1, -0.05) is 35.9 Å². The van der Waals surface area contributed by atoms with Gasteiger partial charge < -0.3 is 4.74 Å². The molecule has 92 valence electrons. The fraction of sp³-hybridized carbons (Fsp3) is 0.143. The molecule has 0 amide bonds. The first-order valence-electron chi connectivity index (χ1n) is 5.50. The summed E-state index contributed by atoms with van der Waals surface area (Å²) >= 11 is 3.25. The molecule has 0 aliphatic carbocycles. The largest absolute Gasteiger partial charge is 0.469 e. The Morgan fingerprint density at radius 1 is 1.22 bits per heavy atom. The van der Waals surface area contributed by atoms with Crippen molar-refractivity contribution in [2.45, 2.75) is 6.92 Å². The Hall–Kier alpha value is -1.68. The molecule has 0 aliphatic rings. The lowest BCUT2D eigenvalue weighted by molar-refractivity contribution is 0.0918. The molecule has 1 aromatic heterocycles. The van der Waals surface area contributed by atoms with E-state index in [1.165, 1.54) is 0 Å². The number of aryl methyl sites for hydroxylation is 1. The van der Waals surface area contributed by atoms with Gasteiger partial charge in [0.25, 0.3) is 0 Å². The number of rotatable bonds is 4. The van der Waals surface area contributed by atoms with Gasteiger partial charge in [0, 0.05) is 11.6 Å². The summed E-state index contributed by atoms with van der Waals surface area (Å²) in [6, 6.07) is 12.7. The number of carbonyl (C=O) groups is 1. The van der Waals surface area contributed by atoms with Crippen LogP contribution < -0.4 is 4.74 Å². The molecule has 1 aromatic carbocycles. The van der Waals surface area contributed by atoms with Crippen molar-refractivity contribution in [1.82, 2.24) is 4.98 Å². The number of hydrogen-bond donors (Lipinski definition) is 0. The van der Waals surface area contributed by atoms with E-state index in [0.717, 1.165) is 5.56 Å². The Morgan fingerprint density at radius 2 is 1.94 bits per heavy atom. The van der Waals surface area contributed by atoms with Gasteiger partial charge in [-0.3, -0.25) is 4.79 Å². The van der Waals surface area contributed by atoms with Gasteiger partial charge in [-0.05, 0) is 28.9 Å². The number of carbonyl (C=O) groups excluding carboxylic acids is 1. The van der Waals surface area contributed by atoms with Gasteiger partial charge in [0.2, 0.25) is 5.88 Å². The minimum Gasteiger partial charge on any atom is -0.469 e. The average Bonchev–Trinajstić information content (AvgIpc) is 2.37. The number of halogens is 1. The van der Waals surface area contributed by atoms with E-state index < -0.39 is 0 Å². The van der Waals surface area contributed by atoms with Crippen molar-refractivity contribution < 1.29 is 9.53 Å². The standard InChI is InChI=1S/C14H12BrNO2/c1-10-5-7-11(8-6-10)12(17)9-18-14-4-2-3-13(15)16-14/h2-8H,9H2,1H3. The van der Waals surface area contributed by atoms with Crippen LogP contribution in [-0.2, 0) is 0 Å². The Balaban J connectivity index is 1.98. The molecule has 0 N–H and O–H groups in total. The maximum Gasteiger partial charge on any atom is 0.214 e. The second-order valence-corrected chi connectivity index (χ2v) is 4.69. The Labute approximate surface area is 114 Å². The number of nitrogens with zero attached hydrogens (tertiary/aromatic N) is 1. The molecule has 0 saturated heterocycles. The lowest BCUT2D eigenvalue weighted by Crippen LogP contribution is -2.12. The maximum atomic E-state index is 11.8. The van der Waals surface area contributed by atoms with Crippen molar-refractivity contribution in [2.75, 3.05) is 6.61 Å². The van der Waals surface area contributed by atoms with E-state index in [2.05, 4.69) is 20.9 Å². The third kappa shape index (κ3) is 3.40. The van der Waals surface area contributed by atoms with E-state index in [9.17, 15) is 4.79 Å². The van der Waals surface area contributed by atoms with Gasteiger partial charge in [0.05, 0.1) is 0 Å². The monoisotopic (exact) mass is 305 g/mol. The average molecular weight is 306 g/mol. The van der Waals surface area contributed by atoms with Crippen molar-refractivity contribution in [3.63, 3.8) is 0 Å². The highest BCUT2D eigenvalue weighted by Crippen LogP contribution is 2.12. The van der Waals surface area contributed by atoms with E-state index in [0.29, 0.717) is 16.0 Å². The SMILES string of the molecule is Cc1ccc(C(=O)COc2cccc(Br)n2)cc1. The second kappa shape index (κ2) is 5.78. The van der Waals surface area contributed by atoms with E-state index >= 15 is 0 Å². The summed E-state index contributed by atoms with van der Waals surface area (Å²) in [5.41, 5.74) is 1.77. The summed E-state index contributed by atoms with van der Waals surface area (Å²) < 4.78 is 6.03. The zero-order valence-corrected chi connectivity index (χ0v) is 11.5. The highest BCUT2D eigenvalue weighted by Gasteiger charge is 2.07. The molecule has 18 heavy (non-hydrogen) atoms. The molecule has 0 aliphatic heterocycles. The third-order valence-electron chi connectivity index (χ3n) is 2.41. The smallest absolute Gasteiger partial charge is 0.214 e. The third-order valence-corrected chi connectivity index (χ3v) is 2.86. The van der Waals surface area contributed by atoms with Crippen LogP contribution in [0.3, 0.4) is 0 Å². The molecule has 0 radical (unpaired) electrons. The number of ketones is 1. The zero-order valence-electron chi connectivity index (χ0n) is 9.89. The van der Waals surface area contributed by atoms with Crippen LogP contribution >= 0.6 is 15.9 Å². The normalized spacial score (nSPS) is 10.1. The van der Waals surface area contributed by atoms with Crippen molar-refractivity contribution in [3.8, 4) is 5.88 Å². The first-order chi connectivity index (χ1) is 8.65. The number of pyridine rings is 1. The van der Waals surface area contributed by atoms with Crippen LogP contribution in [0, 0.1) is 6.92 Å². The highest BCUT2D eigenvalue weighted by molar-refractivity contribution is 9.10. The minimum atomic E-state index is -0.0585. The predicted octanol–water partition coefficient (Wildman–Crippen LogP) is 3.41. The van der Waals surface area contributed by atoms with Gasteiger partial charge in [-0.15, -0.1) is 0 Å². The van der Waals surface area contributed by atoms with Gasteiger partial charge in [0.15, 0.2) is 12.4 Å². The summed E-state index contributed by atoms with van der Waals surface area (Å²) in [7, 11) is 0. The van der Waals surface area contributed by atoms with Crippen LogP contribution in [0.5, 0.6) is 5.88 Å². The Kier molecular flexibility index (Phi) is 4.10. The minimum absolute atomic E-state index is 0.00743. The number of Topliss-reactive ketones (excluding diaryl/α,β-unsaturated/α-hetero) is 1. The van der Waals surface area contributed by atoms with Crippen molar-refractivity contribution >= 4 is 21.7 Å². The van der Waals surface area contributed by atoms with E-state index in [1.807, 2.05) is 25.1 Å². The van der Waals surface area contributed by atoms with E-state index in [4.69, 9.17) is 4.74 Å². The van der Waals surface area contributed by atoms with Crippen LogP contribution in [0.1, 0.15) is 15.9 Å². The van der Waals surface area contributed by atoms with E-state index in [1.54, 1.807) is 24.3 Å². The first-order valence-corrected chi connectivity index (χ1v) is 6.30. The number of benzene rings is 1. The molecule has 0 saturated carbocycles. The fourth-order valence-corrected chi connectivity index (χ4v) is 1.76. The van der Waals surface area contributed by atoms with Crippen molar-refractivity contribution in [2.24, 2.45) is 0 Å². The number of hydrogen-bond acceptors (Lipinski definition) is 3. The molecule has 2 aromatic rings. The molecule has 3 nitrogen and oxygen atoms in total. The van der Waals surface area contributed by atoms with Gasteiger partial charge in [-0.2, -0.15) is 0 Å². The molecular formula is C14H12BrNO2. The highest BCUT2D eigenvalue weighted by atomic mass is 79.9. The molecule has 0 spiro atoms. The van der Waals surface area contributed by atoms with Crippen molar-refractivity contribution in [3.05, 3.63) is 58.2 Å². The van der Waals surface area contributed by atoms with Crippen LogP contribution in [-0.4, -0.2) is 17.4 Å². The van der Waals surface area contributed by atoms with E-state index in [-0.39, 0.29) is 12.4 Å². The van der Waals surface area contributed by atoms with Crippen LogP contribution in [0.25, 0.3) is 0 Å². The maximum absolute atomic E-state index is 11.8. The van der Waals surface area contributed by atoms with Crippen LogP contribution in [0.2, 0.25) is 0 Å². The van der Waals surface area contributed by atoms with Crippen molar-refractivity contribution in [1.29, 1.82) is 0 Å². The lowest BCUT2D eigenvalue weighted by Gasteiger charge is -2.05. The molecule has 0 atom stereocenters. The molecule has 0 bridgehead atoms. The Morgan fingerprint density at radius 3 is 2.61 bits per heavy atom. The molecule has 2 rings (SSSR count). The fourth-order valence-electron chi connectivity index (χ4n) is 1.43. The molecule has 0 fully saturated rings. The predicted molar refractivity (Wildman–Crippen MR) is 72.9 cm³/mol. The molecular weight excluding hydrogens is 294 g/mol. The summed E-state index contributed by atoms with van der Waals surface area (Å²) in [4.78, 5) is 15.9. The summed E-state index contributed by atoms with van der Waals surface area (Å²) in [5, 5.41) is 0. The second-order valence-electron chi connectivity index (χ2n) is 3.88. The van der Waals surface area contributed by atoms with Gasteiger partial charge >= 0.3 is 0 Å². The summed E-state index contributed by atoms with van der Waals surface area (Å²) in [6.07, 6.45) is 0. The van der Waals surface area contributed by atoms with Gasteiger partial charge in [-0.25, -0.2) is 4.98 Å². The van der Waals surface area contributed by atoms with Crippen LogP contribution in [0.4, 0.5) is 0 Å². The molecule has 1 heterocycles. The molecule has 4 heteroatoms. The lowest BCUT2D eigenvalue weighted by atomic mass is 10.1. The first kappa shape index (κ1) is 12.8. The number of ether oxygens (including phenoxy) is 1. The van der Waals surface area contributed by atoms with Crippen LogP contribution in [0.15, 0.2) is 47.1 Å². The molecule has 0 unspecified atom stereocenters. The van der Waals surface area contributed by atoms with Gasteiger partial charge in [0.1, 0.15) is 4.60 Å². The summed E-state index contributed by atoms with van der Waals surface area (Å²) in [6.45, 7) is 1.97. The summed E-state index contributed by atoms with van der Waals surface area (Å²) in [5.74, 6) is 0.376. The Bertz CT molecular complexity index is 552. The number of aromatic nitrogens is 1.